The quantitative estimate of drug-likeness (QED) is 0.451. The van der Waals surface area contributed by atoms with Crippen molar-refractivity contribution in [2.24, 2.45) is 0 Å². The number of rotatable bonds is 1. The third-order valence-corrected chi connectivity index (χ3v) is 6.38. The average molecular weight is 445 g/mol. The minimum Gasteiger partial charge on any atom is -0.350 e. The van der Waals surface area contributed by atoms with E-state index in [0.29, 0.717) is 6.54 Å². The predicted octanol–water partition coefficient (Wildman–Crippen LogP) is 4.96. The van der Waals surface area contributed by atoms with Gasteiger partial charge in [-0.25, -0.2) is 4.98 Å². The molecular weight excluding hydrogens is 428 g/mol. The van der Waals surface area contributed by atoms with Crippen LogP contribution in [0.1, 0.15) is 12.5 Å². The van der Waals surface area contributed by atoms with Crippen molar-refractivity contribution in [1.29, 1.82) is 0 Å². The van der Waals surface area contributed by atoms with Crippen molar-refractivity contribution < 1.29 is 4.79 Å². The number of amides is 1. The SMILES string of the molecule is CCN1C(=O)C2(Nc3ccccc3-c3nc4ccccc4n32)c2cc(Br)ccc21. The summed E-state index contributed by atoms with van der Waals surface area (Å²) >= 11 is 3.61. The van der Waals surface area contributed by atoms with Crippen LogP contribution < -0.4 is 10.2 Å². The Morgan fingerprint density at radius 2 is 1.86 bits per heavy atom. The molecule has 5 nitrogen and oxygen atoms in total. The fourth-order valence-corrected chi connectivity index (χ4v) is 5.05. The van der Waals surface area contributed by atoms with Crippen molar-refractivity contribution in [2.45, 2.75) is 12.6 Å². The second-order valence-corrected chi connectivity index (χ2v) is 8.27. The van der Waals surface area contributed by atoms with Gasteiger partial charge < -0.3 is 10.2 Å². The second kappa shape index (κ2) is 5.70. The first-order valence-electron chi connectivity index (χ1n) is 9.62. The minimum atomic E-state index is -1.07. The zero-order valence-corrected chi connectivity index (χ0v) is 17.3. The van der Waals surface area contributed by atoms with E-state index < -0.39 is 5.66 Å². The highest BCUT2D eigenvalue weighted by molar-refractivity contribution is 9.10. The molecule has 1 amide bonds. The normalized spacial score (nSPS) is 19.2. The first kappa shape index (κ1) is 16.8. The van der Waals surface area contributed by atoms with E-state index in [1.807, 2.05) is 78.6 Å². The summed E-state index contributed by atoms with van der Waals surface area (Å²) in [5.74, 6) is 0.810. The molecule has 6 rings (SSSR count). The molecule has 0 fully saturated rings. The Morgan fingerprint density at radius 3 is 2.72 bits per heavy atom. The Hall–Kier alpha value is -3.12. The fourth-order valence-electron chi connectivity index (χ4n) is 4.69. The van der Waals surface area contributed by atoms with Gasteiger partial charge in [-0.15, -0.1) is 0 Å². The summed E-state index contributed by atoms with van der Waals surface area (Å²) in [5, 5.41) is 3.62. The minimum absolute atomic E-state index is 0.00649. The van der Waals surface area contributed by atoms with Gasteiger partial charge in [0.2, 0.25) is 5.66 Å². The Kier molecular flexibility index (Phi) is 3.30. The lowest BCUT2D eigenvalue weighted by atomic mass is 9.95. The van der Waals surface area contributed by atoms with Crippen LogP contribution >= 0.6 is 15.9 Å². The van der Waals surface area contributed by atoms with Gasteiger partial charge >= 0.3 is 0 Å². The number of hydrogen-bond donors (Lipinski definition) is 1. The van der Waals surface area contributed by atoms with E-state index >= 15 is 0 Å². The van der Waals surface area contributed by atoms with E-state index in [2.05, 4.69) is 25.8 Å². The molecular formula is C23H17BrN4O. The summed E-state index contributed by atoms with van der Waals surface area (Å²) in [7, 11) is 0. The van der Waals surface area contributed by atoms with Crippen LogP contribution in [0.25, 0.3) is 22.4 Å². The number of nitrogens with one attached hydrogen (secondary N) is 1. The molecule has 0 saturated carbocycles. The third kappa shape index (κ3) is 1.99. The van der Waals surface area contributed by atoms with Gasteiger partial charge in [-0.3, -0.25) is 9.36 Å². The van der Waals surface area contributed by atoms with Gasteiger partial charge in [-0.05, 0) is 49.4 Å². The van der Waals surface area contributed by atoms with Crippen LogP contribution in [0.15, 0.2) is 71.2 Å². The topological polar surface area (TPSA) is 50.2 Å². The lowest BCUT2D eigenvalue weighted by Crippen LogP contribution is -2.53. The summed E-state index contributed by atoms with van der Waals surface area (Å²) in [6.45, 7) is 2.60. The number of aromatic nitrogens is 2. The smallest absolute Gasteiger partial charge is 0.279 e. The number of nitrogens with zero attached hydrogens (tertiary/aromatic N) is 3. The highest BCUT2D eigenvalue weighted by Crippen LogP contribution is 2.51. The van der Waals surface area contributed by atoms with Crippen molar-refractivity contribution >= 4 is 44.2 Å². The van der Waals surface area contributed by atoms with Crippen molar-refractivity contribution in [3.8, 4) is 11.4 Å². The van der Waals surface area contributed by atoms with E-state index in [4.69, 9.17) is 4.98 Å². The van der Waals surface area contributed by atoms with Crippen LogP contribution in [-0.4, -0.2) is 22.0 Å². The summed E-state index contributed by atoms with van der Waals surface area (Å²) in [5.41, 5.74) is 4.49. The van der Waals surface area contributed by atoms with E-state index in [1.54, 1.807) is 0 Å². The van der Waals surface area contributed by atoms with Gasteiger partial charge in [-0.2, -0.15) is 0 Å². The van der Waals surface area contributed by atoms with Gasteiger partial charge in [0.15, 0.2) is 0 Å². The van der Waals surface area contributed by atoms with E-state index in [-0.39, 0.29) is 5.91 Å². The van der Waals surface area contributed by atoms with Gasteiger partial charge in [-0.1, -0.05) is 40.2 Å². The molecule has 1 atom stereocenters. The second-order valence-electron chi connectivity index (χ2n) is 7.35. The highest BCUT2D eigenvalue weighted by Gasteiger charge is 2.56. The Morgan fingerprint density at radius 1 is 1.07 bits per heavy atom. The third-order valence-electron chi connectivity index (χ3n) is 5.89. The van der Waals surface area contributed by atoms with E-state index in [0.717, 1.165) is 43.8 Å². The number of likely N-dealkylation sites (N-methyl/N-ethyl adjacent to an activating group) is 1. The molecule has 1 aromatic heterocycles. The number of para-hydroxylation sites is 3. The fraction of sp³-hybridized carbons (Fsp3) is 0.130. The van der Waals surface area contributed by atoms with Gasteiger partial charge in [0.1, 0.15) is 5.82 Å². The van der Waals surface area contributed by atoms with E-state index in [1.165, 1.54) is 0 Å². The van der Waals surface area contributed by atoms with Crippen LogP contribution in [0.5, 0.6) is 0 Å². The number of imidazole rings is 1. The maximum absolute atomic E-state index is 14.0. The number of anilines is 2. The molecule has 3 heterocycles. The van der Waals surface area contributed by atoms with Crippen LogP contribution in [0.4, 0.5) is 11.4 Å². The Balaban J connectivity index is 1.79. The first-order valence-corrected chi connectivity index (χ1v) is 10.4. The predicted molar refractivity (Wildman–Crippen MR) is 118 cm³/mol. The molecule has 2 aliphatic rings. The molecule has 29 heavy (non-hydrogen) atoms. The number of hydrogen-bond acceptors (Lipinski definition) is 3. The number of fused-ring (bicyclic) bond motifs is 8. The van der Waals surface area contributed by atoms with Crippen molar-refractivity contribution in [3.63, 3.8) is 0 Å². The Labute approximate surface area is 176 Å². The molecule has 0 radical (unpaired) electrons. The Bertz CT molecular complexity index is 1330. The van der Waals surface area contributed by atoms with Crippen LogP contribution in [-0.2, 0) is 10.5 Å². The molecule has 3 aromatic carbocycles. The standard InChI is InChI=1S/C23H17BrN4O/c1-2-27-19-12-11-14(24)13-16(19)23(22(27)29)26-17-8-4-3-7-15(17)21-25-18-9-5-6-10-20(18)28(21)23/h3-13,26H,2H2,1H3. The zero-order chi connectivity index (χ0) is 19.8. The van der Waals surface area contributed by atoms with Crippen LogP contribution in [0, 0.1) is 0 Å². The maximum atomic E-state index is 14.0. The lowest BCUT2D eigenvalue weighted by Gasteiger charge is -2.38. The molecule has 0 saturated heterocycles. The molecule has 1 spiro atoms. The zero-order valence-electron chi connectivity index (χ0n) is 15.7. The van der Waals surface area contributed by atoms with Gasteiger partial charge in [0.05, 0.1) is 16.7 Å². The van der Waals surface area contributed by atoms with Crippen LogP contribution in [0.3, 0.4) is 0 Å². The monoisotopic (exact) mass is 444 g/mol. The van der Waals surface area contributed by atoms with Crippen molar-refractivity contribution in [3.05, 3.63) is 76.8 Å². The maximum Gasteiger partial charge on any atom is 0.279 e. The molecule has 0 aliphatic carbocycles. The van der Waals surface area contributed by atoms with Gasteiger partial charge in [0, 0.05) is 27.8 Å². The number of carbonyl (C=O) groups excluding carboxylic acids is 1. The molecule has 4 aromatic rings. The molecule has 1 unspecified atom stereocenters. The summed E-state index contributed by atoms with van der Waals surface area (Å²) in [6, 6.07) is 22.1. The summed E-state index contributed by atoms with van der Waals surface area (Å²) in [4.78, 5) is 20.8. The van der Waals surface area contributed by atoms with E-state index in [9.17, 15) is 4.79 Å². The average Bonchev–Trinajstić information content (AvgIpc) is 3.24. The summed E-state index contributed by atoms with van der Waals surface area (Å²) < 4.78 is 3.02. The van der Waals surface area contributed by atoms with Crippen molar-refractivity contribution in [2.75, 3.05) is 16.8 Å². The number of benzene rings is 3. The van der Waals surface area contributed by atoms with Gasteiger partial charge in [0.25, 0.3) is 5.91 Å². The largest absolute Gasteiger partial charge is 0.350 e. The molecule has 1 N–H and O–H groups in total. The first-order chi connectivity index (χ1) is 14.1. The summed E-state index contributed by atoms with van der Waals surface area (Å²) in [6.07, 6.45) is 0. The van der Waals surface area contributed by atoms with Crippen molar-refractivity contribution in [1.82, 2.24) is 9.55 Å². The highest BCUT2D eigenvalue weighted by atomic mass is 79.9. The number of halogens is 1. The number of carbonyl (C=O) groups is 1. The lowest BCUT2D eigenvalue weighted by molar-refractivity contribution is -0.123. The molecule has 6 heteroatoms. The molecule has 0 bridgehead atoms. The molecule has 2 aliphatic heterocycles. The van der Waals surface area contributed by atoms with Crippen LogP contribution in [0.2, 0.25) is 0 Å². The molecule has 142 valence electrons.